The first-order valence-corrected chi connectivity index (χ1v) is 6.04. The summed E-state index contributed by atoms with van der Waals surface area (Å²) >= 11 is 0. The quantitative estimate of drug-likeness (QED) is 0.658. The Labute approximate surface area is 102 Å². The Morgan fingerprint density at radius 2 is 1.28 bits per heavy atom. The third-order valence-electron chi connectivity index (χ3n) is 4.75. The van der Waals surface area contributed by atoms with E-state index in [1.807, 2.05) is 12.2 Å². The highest BCUT2D eigenvalue weighted by Gasteiger charge is 2.70. The minimum absolute atomic E-state index is 0.00157. The van der Waals surface area contributed by atoms with Crippen LogP contribution in [0.3, 0.4) is 0 Å². The number of hydrogen-bond acceptors (Lipinski definition) is 4. The van der Waals surface area contributed by atoms with Gasteiger partial charge < -0.3 is 19.7 Å². The molecule has 0 spiro atoms. The number of hydrogen-bond donors (Lipinski definition) is 2. The highest BCUT2D eigenvalue weighted by molar-refractivity contribution is 5.82. The largest absolute Gasteiger partial charge is 0.481 e. The SMILES string of the molecule is O=C(O)C1C(C(=O)O)[C@@H]2O[C@H]1[C@@H]1[C@H]2[C@H]2C=C[C@@H]1O2. The van der Waals surface area contributed by atoms with Crippen LogP contribution in [0.2, 0.25) is 0 Å². The Hall–Kier alpha value is -1.40. The van der Waals surface area contributed by atoms with Crippen LogP contribution in [0.25, 0.3) is 0 Å². The van der Waals surface area contributed by atoms with Crippen LogP contribution in [0.15, 0.2) is 12.2 Å². The lowest BCUT2D eigenvalue weighted by molar-refractivity contribution is -0.155. The van der Waals surface area contributed by atoms with Gasteiger partial charge in [0, 0.05) is 11.8 Å². The van der Waals surface area contributed by atoms with E-state index < -0.39 is 36.0 Å². The van der Waals surface area contributed by atoms with Crippen LogP contribution in [-0.2, 0) is 19.1 Å². The fourth-order valence-electron chi connectivity index (χ4n) is 4.19. The summed E-state index contributed by atoms with van der Waals surface area (Å²) in [6, 6.07) is 0. The molecule has 4 aliphatic rings. The zero-order valence-electron chi connectivity index (χ0n) is 9.30. The van der Waals surface area contributed by atoms with Crippen LogP contribution in [0.1, 0.15) is 0 Å². The second-order valence-corrected chi connectivity index (χ2v) is 5.40. The average molecular weight is 252 g/mol. The van der Waals surface area contributed by atoms with Crippen LogP contribution in [0.5, 0.6) is 0 Å². The maximum Gasteiger partial charge on any atom is 0.310 e. The number of fused-ring (bicyclic) bond motifs is 9. The number of carboxylic acids is 2. The molecule has 4 aliphatic heterocycles. The van der Waals surface area contributed by atoms with Crippen LogP contribution < -0.4 is 0 Å². The first-order chi connectivity index (χ1) is 8.59. The molecule has 0 aliphatic carbocycles. The van der Waals surface area contributed by atoms with E-state index in [0.29, 0.717) is 0 Å². The van der Waals surface area contributed by atoms with Gasteiger partial charge in [0.1, 0.15) is 0 Å². The monoisotopic (exact) mass is 252 g/mol. The number of ether oxygens (including phenoxy) is 2. The highest BCUT2D eigenvalue weighted by Crippen LogP contribution is 2.58. The molecule has 0 amide bonds. The van der Waals surface area contributed by atoms with Gasteiger partial charge >= 0.3 is 11.9 Å². The van der Waals surface area contributed by atoms with Crippen molar-refractivity contribution < 1.29 is 29.3 Å². The number of aliphatic carboxylic acids is 2. The third kappa shape index (κ3) is 1.01. The molecule has 4 rings (SSSR count). The fraction of sp³-hybridized carbons (Fsp3) is 0.667. The van der Waals surface area contributed by atoms with Gasteiger partial charge in [-0.1, -0.05) is 12.2 Å². The van der Waals surface area contributed by atoms with E-state index in [1.54, 1.807) is 0 Å². The summed E-state index contributed by atoms with van der Waals surface area (Å²) in [5.74, 6) is -4.07. The second kappa shape index (κ2) is 3.13. The Morgan fingerprint density at radius 1 is 0.833 bits per heavy atom. The minimum atomic E-state index is -1.08. The molecule has 6 nitrogen and oxygen atoms in total. The first kappa shape index (κ1) is 10.5. The van der Waals surface area contributed by atoms with E-state index in [2.05, 4.69) is 0 Å². The smallest absolute Gasteiger partial charge is 0.310 e. The molecule has 18 heavy (non-hydrogen) atoms. The summed E-state index contributed by atoms with van der Waals surface area (Å²) < 4.78 is 11.4. The van der Waals surface area contributed by atoms with Gasteiger partial charge in [0.05, 0.1) is 36.3 Å². The maximum atomic E-state index is 11.3. The molecule has 3 fully saturated rings. The topological polar surface area (TPSA) is 93.1 Å². The van der Waals surface area contributed by atoms with E-state index in [1.165, 1.54) is 0 Å². The molecule has 3 saturated heterocycles. The molecule has 0 aromatic carbocycles. The average Bonchev–Trinajstić information content (AvgIpc) is 3.04. The molecule has 0 aromatic heterocycles. The van der Waals surface area contributed by atoms with Gasteiger partial charge in [-0.15, -0.1) is 0 Å². The third-order valence-corrected chi connectivity index (χ3v) is 4.75. The molecular weight excluding hydrogens is 240 g/mol. The second-order valence-electron chi connectivity index (χ2n) is 5.40. The Bertz CT molecular complexity index is 431. The summed E-state index contributed by atoms with van der Waals surface area (Å²) in [7, 11) is 0. The van der Waals surface area contributed by atoms with Crippen molar-refractivity contribution in [3.05, 3.63) is 12.2 Å². The van der Waals surface area contributed by atoms with E-state index in [4.69, 9.17) is 9.47 Å². The summed E-state index contributed by atoms with van der Waals surface area (Å²) in [5, 5.41) is 18.5. The standard InChI is InChI=1S/C12H12O6/c13-11(14)7-8(12(15)16)10-6-4-2-1-3(17-4)5(6)9(7)18-10/h1-10H,(H,13,14)(H,15,16)/t3-,4+,5-,6+,7?,8?,9-,10+. The molecule has 0 aromatic rings. The molecule has 4 bridgehead atoms. The first-order valence-electron chi connectivity index (χ1n) is 6.04. The zero-order chi connectivity index (χ0) is 12.6. The van der Waals surface area contributed by atoms with Crippen LogP contribution in [-0.4, -0.2) is 46.6 Å². The van der Waals surface area contributed by atoms with Crippen molar-refractivity contribution in [2.45, 2.75) is 24.4 Å². The van der Waals surface area contributed by atoms with Gasteiger partial charge in [0.25, 0.3) is 0 Å². The number of rotatable bonds is 2. The van der Waals surface area contributed by atoms with Crippen molar-refractivity contribution in [3.8, 4) is 0 Å². The van der Waals surface area contributed by atoms with Crippen molar-refractivity contribution >= 4 is 11.9 Å². The molecule has 4 heterocycles. The molecule has 8 atom stereocenters. The Kier molecular flexibility index (Phi) is 1.83. The molecule has 0 radical (unpaired) electrons. The lowest BCUT2D eigenvalue weighted by atomic mass is 9.65. The van der Waals surface area contributed by atoms with Gasteiger partial charge in [-0.05, 0) is 0 Å². The predicted octanol–water partition coefficient (Wildman–Crippen LogP) is -0.261. The summed E-state index contributed by atoms with van der Waals surface area (Å²) in [6.07, 6.45) is 2.60. The maximum absolute atomic E-state index is 11.3. The predicted molar refractivity (Wildman–Crippen MR) is 55.7 cm³/mol. The molecular formula is C12H12O6. The van der Waals surface area contributed by atoms with E-state index >= 15 is 0 Å². The number of carbonyl (C=O) groups is 2. The van der Waals surface area contributed by atoms with Crippen molar-refractivity contribution in [2.75, 3.05) is 0 Å². The summed E-state index contributed by atoms with van der Waals surface area (Å²) in [4.78, 5) is 22.6. The van der Waals surface area contributed by atoms with Gasteiger partial charge in [-0.25, -0.2) is 0 Å². The van der Waals surface area contributed by atoms with Crippen LogP contribution in [0.4, 0.5) is 0 Å². The van der Waals surface area contributed by atoms with Crippen molar-refractivity contribution in [2.24, 2.45) is 23.7 Å². The summed E-state index contributed by atoms with van der Waals surface area (Å²) in [5.41, 5.74) is 0. The van der Waals surface area contributed by atoms with E-state index in [9.17, 15) is 19.8 Å². The molecule has 0 saturated carbocycles. The molecule has 96 valence electrons. The minimum Gasteiger partial charge on any atom is -0.481 e. The van der Waals surface area contributed by atoms with Crippen LogP contribution >= 0.6 is 0 Å². The Balaban J connectivity index is 1.76. The van der Waals surface area contributed by atoms with Gasteiger partial charge in [-0.2, -0.15) is 0 Å². The zero-order valence-corrected chi connectivity index (χ0v) is 9.30. The summed E-state index contributed by atoms with van der Waals surface area (Å²) in [6.45, 7) is 0. The highest BCUT2D eigenvalue weighted by atomic mass is 16.5. The van der Waals surface area contributed by atoms with Gasteiger partial charge in [-0.3, -0.25) is 9.59 Å². The van der Waals surface area contributed by atoms with Crippen LogP contribution in [0, 0.1) is 23.7 Å². The molecule has 2 unspecified atom stereocenters. The van der Waals surface area contributed by atoms with E-state index in [0.717, 1.165) is 0 Å². The van der Waals surface area contributed by atoms with Gasteiger partial charge in [0.15, 0.2) is 0 Å². The van der Waals surface area contributed by atoms with Crippen molar-refractivity contribution in [1.82, 2.24) is 0 Å². The number of carboxylic acid groups (broad SMARTS) is 2. The molecule has 2 N–H and O–H groups in total. The lowest BCUT2D eigenvalue weighted by Gasteiger charge is -2.32. The van der Waals surface area contributed by atoms with Crippen molar-refractivity contribution in [1.29, 1.82) is 0 Å². The molecule has 6 heteroatoms. The van der Waals surface area contributed by atoms with E-state index in [-0.39, 0.29) is 24.0 Å². The van der Waals surface area contributed by atoms with Gasteiger partial charge in [0.2, 0.25) is 0 Å². The fourth-order valence-corrected chi connectivity index (χ4v) is 4.19. The lowest BCUT2D eigenvalue weighted by Crippen LogP contribution is -2.49. The normalized spacial score (nSPS) is 54.9. The van der Waals surface area contributed by atoms with Crippen molar-refractivity contribution in [3.63, 3.8) is 0 Å². The Morgan fingerprint density at radius 3 is 1.67 bits per heavy atom.